The van der Waals surface area contributed by atoms with Gasteiger partial charge in [-0.15, -0.1) is 0 Å². The Balaban J connectivity index is 1.53. The van der Waals surface area contributed by atoms with Crippen LogP contribution in [-0.4, -0.2) is 40.2 Å². The molecule has 2 heterocycles. The molecule has 2 bridgehead atoms. The first-order valence-corrected chi connectivity index (χ1v) is 10.3. The fourth-order valence-corrected chi connectivity index (χ4v) is 4.35. The summed E-state index contributed by atoms with van der Waals surface area (Å²) in [5.74, 6) is -0.670. The van der Waals surface area contributed by atoms with Gasteiger partial charge in [0.1, 0.15) is 24.7 Å². The van der Waals surface area contributed by atoms with Crippen LogP contribution in [0.15, 0.2) is 30.3 Å². The number of ether oxygens (including phenoxy) is 2. The molecule has 0 unspecified atom stereocenters. The van der Waals surface area contributed by atoms with Crippen LogP contribution in [0.25, 0.3) is 11.3 Å². The highest BCUT2D eigenvalue weighted by molar-refractivity contribution is 5.97. The lowest BCUT2D eigenvalue weighted by Crippen LogP contribution is -2.37. The predicted molar refractivity (Wildman–Crippen MR) is 114 cm³/mol. The summed E-state index contributed by atoms with van der Waals surface area (Å²) in [4.78, 5) is 26.9. The predicted octanol–water partition coefficient (Wildman–Crippen LogP) is 3.15. The van der Waals surface area contributed by atoms with E-state index in [-0.39, 0.29) is 31.2 Å². The number of carbonyl (C=O) groups excluding carboxylic acids is 2. The minimum Gasteiger partial charge on any atom is -0.488 e. The summed E-state index contributed by atoms with van der Waals surface area (Å²) in [6, 6.07) is 9.37. The summed E-state index contributed by atoms with van der Waals surface area (Å²) in [5, 5.41) is 4.47. The summed E-state index contributed by atoms with van der Waals surface area (Å²) >= 11 is 0. The number of halogens is 1. The molecule has 0 N–H and O–H groups in total. The number of fused-ring (bicyclic) bond motifs is 5. The van der Waals surface area contributed by atoms with Gasteiger partial charge in [0.2, 0.25) is 0 Å². The molecule has 8 heteroatoms. The molecule has 0 spiro atoms. The van der Waals surface area contributed by atoms with Crippen molar-refractivity contribution < 1.29 is 23.5 Å². The molecule has 3 aliphatic rings. The number of methoxy groups -OCH3 is 1. The van der Waals surface area contributed by atoms with Crippen molar-refractivity contribution in [2.24, 2.45) is 7.05 Å². The number of amides is 1. The third kappa shape index (κ3) is 3.23. The van der Waals surface area contributed by atoms with E-state index in [0.29, 0.717) is 23.1 Å². The Hall–Kier alpha value is -3.68. The number of aryl methyl sites for hydroxylation is 2. The highest BCUT2D eigenvalue weighted by Gasteiger charge is 2.32. The fraction of sp³-hybridized carbons (Fsp3) is 0.292. The summed E-state index contributed by atoms with van der Waals surface area (Å²) < 4.78 is 27.0. The first-order chi connectivity index (χ1) is 15.4. The van der Waals surface area contributed by atoms with Crippen molar-refractivity contribution in [2.45, 2.75) is 26.5 Å². The maximum Gasteiger partial charge on any atom is 0.325 e. The molecule has 1 aliphatic heterocycles. The van der Waals surface area contributed by atoms with Gasteiger partial charge in [0.15, 0.2) is 5.69 Å². The Kier molecular flexibility index (Phi) is 4.73. The average molecular weight is 435 g/mol. The Bertz CT molecular complexity index is 1280. The van der Waals surface area contributed by atoms with Crippen molar-refractivity contribution >= 4 is 11.9 Å². The van der Waals surface area contributed by atoms with Crippen LogP contribution in [0.3, 0.4) is 0 Å². The van der Waals surface area contributed by atoms with Crippen LogP contribution in [0.2, 0.25) is 0 Å². The summed E-state index contributed by atoms with van der Waals surface area (Å²) in [6.07, 6.45) is 0.601. The molecule has 0 saturated heterocycles. The second-order valence-corrected chi connectivity index (χ2v) is 8.23. The zero-order valence-corrected chi connectivity index (χ0v) is 18.1. The smallest absolute Gasteiger partial charge is 0.325 e. The highest BCUT2D eigenvalue weighted by Crippen LogP contribution is 2.39. The maximum atomic E-state index is 14.7. The molecule has 6 rings (SSSR count). The molecule has 164 valence electrons. The zero-order chi connectivity index (χ0) is 22.6. The van der Waals surface area contributed by atoms with Crippen molar-refractivity contribution in [3.05, 3.63) is 69.7 Å². The number of nitrogens with zero attached hydrogens (tertiary/aromatic N) is 3. The van der Waals surface area contributed by atoms with E-state index in [1.54, 1.807) is 23.9 Å². The molecule has 3 aromatic rings. The molecule has 7 nitrogen and oxygen atoms in total. The number of rotatable bonds is 5. The second kappa shape index (κ2) is 7.47. The molecule has 1 amide bonds. The van der Waals surface area contributed by atoms with E-state index in [4.69, 9.17) is 9.47 Å². The van der Waals surface area contributed by atoms with E-state index in [1.165, 1.54) is 12.0 Å². The number of hydrogen-bond acceptors (Lipinski definition) is 5. The maximum absolute atomic E-state index is 14.7. The largest absolute Gasteiger partial charge is 0.488 e. The van der Waals surface area contributed by atoms with Crippen molar-refractivity contribution in [2.75, 3.05) is 13.7 Å². The van der Waals surface area contributed by atoms with Crippen molar-refractivity contribution in [3.8, 4) is 17.0 Å². The van der Waals surface area contributed by atoms with Crippen LogP contribution >= 0.6 is 0 Å². The Morgan fingerprint density at radius 2 is 2.06 bits per heavy atom. The van der Waals surface area contributed by atoms with E-state index < -0.39 is 11.9 Å². The van der Waals surface area contributed by atoms with Crippen molar-refractivity contribution in [3.63, 3.8) is 0 Å². The molecule has 2 aromatic carbocycles. The number of esters is 1. The van der Waals surface area contributed by atoms with E-state index in [0.717, 1.165) is 28.1 Å². The van der Waals surface area contributed by atoms with Gasteiger partial charge in [0.05, 0.1) is 12.8 Å². The van der Waals surface area contributed by atoms with Crippen LogP contribution in [-0.2, 0) is 36.2 Å². The van der Waals surface area contributed by atoms with E-state index in [9.17, 15) is 14.0 Å². The normalized spacial score (nSPS) is 12.9. The molecule has 0 radical (unpaired) electrons. The van der Waals surface area contributed by atoms with E-state index in [2.05, 4.69) is 5.10 Å². The first kappa shape index (κ1) is 20.2. The average Bonchev–Trinajstić information content (AvgIpc) is 3.09. The first-order valence-electron chi connectivity index (χ1n) is 10.3. The summed E-state index contributed by atoms with van der Waals surface area (Å²) in [5.41, 5.74) is 5.56. The molecular weight excluding hydrogens is 413 g/mol. The molecule has 1 aromatic heterocycles. The third-order valence-electron chi connectivity index (χ3n) is 5.98. The van der Waals surface area contributed by atoms with Crippen molar-refractivity contribution in [1.29, 1.82) is 0 Å². The number of carbonyl (C=O) groups is 2. The second-order valence-electron chi connectivity index (χ2n) is 8.23. The third-order valence-corrected chi connectivity index (χ3v) is 5.98. The lowest BCUT2D eigenvalue weighted by Gasteiger charge is -2.25. The highest BCUT2D eigenvalue weighted by atomic mass is 19.1. The van der Waals surface area contributed by atoms with Crippen LogP contribution in [0.4, 0.5) is 4.39 Å². The van der Waals surface area contributed by atoms with E-state index in [1.807, 2.05) is 25.1 Å². The minimum absolute atomic E-state index is 0.0531. The fourth-order valence-electron chi connectivity index (χ4n) is 4.35. The summed E-state index contributed by atoms with van der Waals surface area (Å²) in [6.45, 7) is 1.80. The monoisotopic (exact) mass is 435 g/mol. The van der Waals surface area contributed by atoms with Crippen LogP contribution in [0, 0.1) is 12.7 Å². The van der Waals surface area contributed by atoms with Gasteiger partial charge < -0.3 is 14.4 Å². The minimum atomic E-state index is -0.589. The van der Waals surface area contributed by atoms with Gasteiger partial charge in [-0.1, -0.05) is 23.8 Å². The number of benzene rings is 2. The van der Waals surface area contributed by atoms with E-state index >= 15 is 0 Å². The topological polar surface area (TPSA) is 73.7 Å². The Labute approximate surface area is 184 Å². The van der Waals surface area contributed by atoms with Gasteiger partial charge in [-0.3, -0.25) is 14.3 Å². The van der Waals surface area contributed by atoms with Crippen molar-refractivity contribution in [1.82, 2.24) is 14.7 Å². The SMILES string of the molecule is COC(=O)CN(Cc1cc2cc(c1F)C2)C(=O)c1nn(C)c2c1COc1ccc(C)cc1-2. The molecule has 0 saturated carbocycles. The molecule has 0 fully saturated rings. The quantitative estimate of drug-likeness (QED) is 0.451. The molecule has 32 heavy (non-hydrogen) atoms. The van der Waals surface area contributed by atoms with Gasteiger partial charge in [-0.2, -0.15) is 5.10 Å². The van der Waals surface area contributed by atoms with Crippen LogP contribution in [0.5, 0.6) is 5.75 Å². The Morgan fingerprint density at radius 1 is 1.28 bits per heavy atom. The Morgan fingerprint density at radius 3 is 2.78 bits per heavy atom. The van der Waals surface area contributed by atoms with Gasteiger partial charge in [-0.05, 0) is 30.2 Å². The zero-order valence-electron chi connectivity index (χ0n) is 18.1. The van der Waals surface area contributed by atoms with Gasteiger partial charge in [-0.25, -0.2) is 4.39 Å². The van der Waals surface area contributed by atoms with Gasteiger partial charge in [0.25, 0.3) is 5.91 Å². The summed E-state index contributed by atoms with van der Waals surface area (Å²) in [7, 11) is 3.02. The van der Waals surface area contributed by atoms with Crippen LogP contribution in [0.1, 0.15) is 38.3 Å². The van der Waals surface area contributed by atoms with Gasteiger partial charge >= 0.3 is 5.97 Å². The molecular formula is C24H22FN3O4. The number of hydrogen-bond donors (Lipinski definition) is 0. The number of aromatic nitrogens is 2. The van der Waals surface area contributed by atoms with Gasteiger partial charge in [0, 0.05) is 36.7 Å². The standard InChI is InChI=1S/C24H22FN3O4/c1-13-4-5-19-17(6-13)23-18(12-32-19)22(26-27(23)2)24(30)28(11-20(29)31-3)10-16-9-14-7-15(8-14)21(16)25/h4-7,9H,8,10-12H2,1-3H3. The van der Waals surface area contributed by atoms with Crippen LogP contribution < -0.4 is 4.74 Å². The lowest BCUT2D eigenvalue weighted by molar-refractivity contribution is -0.141. The molecule has 2 aliphatic carbocycles. The lowest BCUT2D eigenvalue weighted by atomic mass is 9.89. The molecule has 0 atom stereocenters.